The fourth-order valence-electron chi connectivity index (χ4n) is 1.18. The molecule has 0 spiro atoms. The van der Waals surface area contributed by atoms with Crippen molar-refractivity contribution < 1.29 is 13.2 Å². The highest BCUT2D eigenvalue weighted by Crippen LogP contribution is 2.32. The third-order valence-corrected chi connectivity index (χ3v) is 1.91. The Morgan fingerprint density at radius 2 is 1.64 bits per heavy atom. The monoisotopic (exact) mass is 203 g/mol. The number of rotatable bonds is 1. The summed E-state index contributed by atoms with van der Waals surface area (Å²) in [6.45, 7) is 1.66. The summed E-state index contributed by atoms with van der Waals surface area (Å²) in [5.74, 6) is 0. The summed E-state index contributed by atoms with van der Waals surface area (Å²) >= 11 is 0. The predicted molar refractivity (Wildman–Crippen MR) is 50.5 cm³/mol. The standard InChI is InChI=1S/C10H12F3N/c1-7-4-8(10(11,12)13)6-9(5-7)14(2)3/h4-6H,1-3H3. The molecule has 0 aliphatic carbocycles. The third kappa shape index (κ3) is 2.40. The van der Waals surface area contributed by atoms with Crippen LogP contribution in [0.25, 0.3) is 0 Å². The molecular weight excluding hydrogens is 191 g/mol. The van der Waals surface area contributed by atoms with E-state index in [1.165, 1.54) is 0 Å². The van der Waals surface area contributed by atoms with Crippen molar-refractivity contribution in [1.29, 1.82) is 0 Å². The molecule has 0 unspecified atom stereocenters. The molecule has 0 saturated carbocycles. The molecule has 1 aromatic rings. The van der Waals surface area contributed by atoms with Crippen LogP contribution in [0.1, 0.15) is 11.1 Å². The lowest BCUT2D eigenvalue weighted by molar-refractivity contribution is -0.137. The van der Waals surface area contributed by atoms with E-state index in [-0.39, 0.29) is 0 Å². The van der Waals surface area contributed by atoms with Gasteiger partial charge in [-0.3, -0.25) is 0 Å². The van der Waals surface area contributed by atoms with Gasteiger partial charge in [-0.05, 0) is 30.7 Å². The van der Waals surface area contributed by atoms with Gasteiger partial charge in [-0.1, -0.05) is 0 Å². The first kappa shape index (κ1) is 10.9. The van der Waals surface area contributed by atoms with Crippen molar-refractivity contribution in [2.75, 3.05) is 19.0 Å². The van der Waals surface area contributed by atoms with Crippen molar-refractivity contribution >= 4 is 5.69 Å². The highest BCUT2D eigenvalue weighted by atomic mass is 19.4. The molecule has 14 heavy (non-hydrogen) atoms. The topological polar surface area (TPSA) is 3.24 Å². The van der Waals surface area contributed by atoms with Gasteiger partial charge in [0, 0.05) is 19.8 Å². The molecule has 0 saturated heterocycles. The van der Waals surface area contributed by atoms with Crippen LogP contribution in [0.5, 0.6) is 0 Å². The Bertz CT molecular complexity index is 329. The first-order chi connectivity index (χ1) is 6.30. The van der Waals surface area contributed by atoms with Gasteiger partial charge in [0.15, 0.2) is 0 Å². The van der Waals surface area contributed by atoms with Crippen LogP contribution in [0.4, 0.5) is 18.9 Å². The lowest BCUT2D eigenvalue weighted by Gasteiger charge is -2.16. The normalized spacial score (nSPS) is 11.6. The predicted octanol–water partition coefficient (Wildman–Crippen LogP) is 3.08. The smallest absolute Gasteiger partial charge is 0.378 e. The van der Waals surface area contributed by atoms with Gasteiger partial charge in [0.2, 0.25) is 0 Å². The second-order valence-electron chi connectivity index (χ2n) is 3.45. The third-order valence-electron chi connectivity index (χ3n) is 1.91. The molecule has 0 aliphatic heterocycles. The molecule has 0 bridgehead atoms. The SMILES string of the molecule is Cc1cc(N(C)C)cc(C(F)(F)F)c1. The number of hydrogen-bond donors (Lipinski definition) is 0. The van der Waals surface area contributed by atoms with E-state index in [1.807, 2.05) is 0 Å². The van der Waals surface area contributed by atoms with Crippen molar-refractivity contribution in [2.24, 2.45) is 0 Å². The first-order valence-electron chi connectivity index (χ1n) is 4.17. The van der Waals surface area contributed by atoms with Crippen molar-refractivity contribution in [3.8, 4) is 0 Å². The maximum Gasteiger partial charge on any atom is 0.416 e. The number of halogens is 3. The Hall–Kier alpha value is -1.19. The molecule has 0 aliphatic rings. The molecule has 0 heterocycles. The quantitative estimate of drug-likeness (QED) is 0.678. The molecule has 78 valence electrons. The Morgan fingerprint density at radius 3 is 2.07 bits per heavy atom. The van der Waals surface area contributed by atoms with Crippen molar-refractivity contribution in [3.63, 3.8) is 0 Å². The van der Waals surface area contributed by atoms with E-state index >= 15 is 0 Å². The molecule has 1 aromatic carbocycles. The summed E-state index contributed by atoms with van der Waals surface area (Å²) in [6.07, 6.45) is -4.27. The van der Waals surface area contributed by atoms with E-state index in [9.17, 15) is 13.2 Å². The van der Waals surface area contributed by atoms with Gasteiger partial charge in [0.05, 0.1) is 5.56 Å². The number of aryl methyl sites for hydroxylation is 1. The van der Waals surface area contributed by atoms with Crippen LogP contribution in [0, 0.1) is 6.92 Å². The zero-order valence-corrected chi connectivity index (χ0v) is 8.31. The molecular formula is C10H12F3N. The van der Waals surface area contributed by atoms with E-state index in [1.54, 1.807) is 32.0 Å². The lowest BCUT2D eigenvalue weighted by atomic mass is 10.1. The zero-order valence-electron chi connectivity index (χ0n) is 8.31. The van der Waals surface area contributed by atoms with Crippen molar-refractivity contribution in [3.05, 3.63) is 29.3 Å². The number of anilines is 1. The number of benzene rings is 1. The maximum absolute atomic E-state index is 12.4. The summed E-state index contributed by atoms with van der Waals surface area (Å²) in [5, 5.41) is 0. The van der Waals surface area contributed by atoms with Gasteiger partial charge >= 0.3 is 6.18 Å². The molecule has 0 aromatic heterocycles. The van der Waals surface area contributed by atoms with Gasteiger partial charge in [-0.15, -0.1) is 0 Å². The zero-order chi connectivity index (χ0) is 10.9. The van der Waals surface area contributed by atoms with Gasteiger partial charge in [0.25, 0.3) is 0 Å². The fraction of sp³-hybridized carbons (Fsp3) is 0.400. The Morgan fingerprint density at radius 1 is 1.07 bits per heavy atom. The summed E-state index contributed by atoms with van der Waals surface area (Å²) in [6, 6.07) is 4.01. The molecule has 0 radical (unpaired) electrons. The second kappa shape index (κ2) is 3.52. The number of hydrogen-bond acceptors (Lipinski definition) is 1. The Balaban J connectivity index is 3.21. The van der Waals surface area contributed by atoms with Gasteiger partial charge < -0.3 is 4.90 Å². The summed E-state index contributed by atoms with van der Waals surface area (Å²) in [4.78, 5) is 1.66. The van der Waals surface area contributed by atoms with E-state index in [2.05, 4.69) is 0 Å². The highest BCUT2D eigenvalue weighted by molar-refractivity contribution is 5.50. The van der Waals surface area contributed by atoms with Crippen LogP contribution >= 0.6 is 0 Å². The molecule has 1 rings (SSSR count). The number of alkyl halides is 3. The minimum absolute atomic E-state index is 0.567. The van der Waals surface area contributed by atoms with Crippen molar-refractivity contribution in [1.82, 2.24) is 0 Å². The van der Waals surface area contributed by atoms with E-state index < -0.39 is 11.7 Å². The summed E-state index contributed by atoms with van der Waals surface area (Å²) in [7, 11) is 3.43. The van der Waals surface area contributed by atoms with Crippen LogP contribution in [0.3, 0.4) is 0 Å². The lowest BCUT2D eigenvalue weighted by Crippen LogP contribution is -2.12. The first-order valence-corrected chi connectivity index (χ1v) is 4.17. The van der Waals surface area contributed by atoms with Crippen LogP contribution in [0.15, 0.2) is 18.2 Å². The molecule has 0 amide bonds. The van der Waals surface area contributed by atoms with Crippen LogP contribution in [0.2, 0.25) is 0 Å². The van der Waals surface area contributed by atoms with Gasteiger partial charge in [-0.25, -0.2) is 0 Å². The van der Waals surface area contributed by atoms with Crippen molar-refractivity contribution in [2.45, 2.75) is 13.1 Å². The highest BCUT2D eigenvalue weighted by Gasteiger charge is 2.30. The van der Waals surface area contributed by atoms with E-state index in [0.717, 1.165) is 12.1 Å². The van der Waals surface area contributed by atoms with Crippen LogP contribution < -0.4 is 4.90 Å². The minimum atomic E-state index is -4.27. The van der Waals surface area contributed by atoms with Crippen LogP contribution in [-0.4, -0.2) is 14.1 Å². The fourth-order valence-corrected chi connectivity index (χ4v) is 1.18. The van der Waals surface area contributed by atoms with Gasteiger partial charge in [-0.2, -0.15) is 13.2 Å². The van der Waals surface area contributed by atoms with Crippen LogP contribution in [-0.2, 0) is 6.18 Å². The second-order valence-corrected chi connectivity index (χ2v) is 3.45. The summed E-state index contributed by atoms with van der Waals surface area (Å²) < 4.78 is 37.2. The molecule has 0 atom stereocenters. The average Bonchev–Trinajstić information content (AvgIpc) is 2.01. The Labute approximate surface area is 81.1 Å². The van der Waals surface area contributed by atoms with Gasteiger partial charge in [0.1, 0.15) is 0 Å². The molecule has 1 nitrogen and oxygen atoms in total. The average molecular weight is 203 g/mol. The Kier molecular flexibility index (Phi) is 2.73. The summed E-state index contributed by atoms with van der Waals surface area (Å²) in [5.41, 5.74) is 0.585. The molecule has 0 N–H and O–H groups in total. The van der Waals surface area contributed by atoms with E-state index in [4.69, 9.17) is 0 Å². The maximum atomic E-state index is 12.4. The number of nitrogens with zero attached hydrogens (tertiary/aromatic N) is 1. The molecule has 0 fully saturated rings. The minimum Gasteiger partial charge on any atom is -0.378 e. The van der Waals surface area contributed by atoms with E-state index in [0.29, 0.717) is 11.3 Å². The molecule has 4 heteroatoms. The largest absolute Gasteiger partial charge is 0.416 e.